The number of ether oxygens (including phenoxy) is 1. The van der Waals surface area contributed by atoms with Crippen LogP contribution in [0.1, 0.15) is 48.7 Å². The monoisotopic (exact) mass is 345 g/mol. The minimum Gasteiger partial charge on any atom is -0.474 e. The third kappa shape index (κ3) is 3.51. The van der Waals surface area contributed by atoms with Crippen molar-refractivity contribution < 1.29 is 9.53 Å². The van der Waals surface area contributed by atoms with E-state index in [0.717, 1.165) is 24.9 Å². The van der Waals surface area contributed by atoms with Crippen molar-refractivity contribution in [1.82, 2.24) is 14.9 Å². The van der Waals surface area contributed by atoms with Crippen LogP contribution in [0.25, 0.3) is 0 Å². The molecule has 1 aliphatic rings. The van der Waals surface area contributed by atoms with Gasteiger partial charge in [0.1, 0.15) is 5.02 Å². The minimum atomic E-state index is -0.0557. The molecule has 0 spiro atoms. The van der Waals surface area contributed by atoms with Gasteiger partial charge in [-0.2, -0.15) is 0 Å². The van der Waals surface area contributed by atoms with Crippen molar-refractivity contribution in [2.24, 2.45) is 0 Å². The Morgan fingerprint density at radius 2 is 2.12 bits per heavy atom. The molecule has 1 unspecified atom stereocenters. The summed E-state index contributed by atoms with van der Waals surface area (Å²) >= 11 is 6.21. The number of aromatic nitrogens is 2. The second kappa shape index (κ2) is 7.18. The number of halogens is 1. The van der Waals surface area contributed by atoms with E-state index in [1.54, 1.807) is 18.5 Å². The summed E-state index contributed by atoms with van der Waals surface area (Å²) < 4.78 is 5.52. The Kier molecular flexibility index (Phi) is 5.00. The number of hydrogen-bond donors (Lipinski definition) is 0. The summed E-state index contributed by atoms with van der Waals surface area (Å²) in [5.74, 6) is 0.301. The van der Waals surface area contributed by atoms with Crippen LogP contribution in [-0.2, 0) is 0 Å². The van der Waals surface area contributed by atoms with Crippen LogP contribution in [0, 0.1) is 0 Å². The van der Waals surface area contributed by atoms with Gasteiger partial charge in [0, 0.05) is 25.1 Å². The number of likely N-dealkylation sites (tertiary alicyclic amines) is 1. The Balaban J connectivity index is 1.82. The molecule has 6 heteroatoms. The molecule has 3 heterocycles. The Morgan fingerprint density at radius 1 is 1.38 bits per heavy atom. The molecule has 3 rings (SSSR count). The lowest BCUT2D eigenvalue weighted by atomic mass is 10.1. The highest BCUT2D eigenvalue weighted by Gasteiger charge is 2.31. The van der Waals surface area contributed by atoms with E-state index in [2.05, 4.69) is 9.97 Å². The van der Waals surface area contributed by atoms with E-state index in [4.69, 9.17) is 16.3 Å². The summed E-state index contributed by atoms with van der Waals surface area (Å²) in [6.07, 6.45) is 6.96. The molecule has 1 amide bonds. The van der Waals surface area contributed by atoms with Crippen LogP contribution in [0.3, 0.4) is 0 Å². The molecule has 126 valence electrons. The molecule has 0 bridgehead atoms. The summed E-state index contributed by atoms with van der Waals surface area (Å²) in [5, 5.41) is 0.356. The highest BCUT2D eigenvalue weighted by atomic mass is 35.5. The standard InChI is InChI=1S/C18H20ClN3O2/c1-12(2)24-17-15(19)10-14(11-21-17)18(23)22-9-3-4-16(22)13-5-7-20-8-6-13/h5-8,10-12,16H,3-4,9H2,1-2H3. The zero-order valence-corrected chi connectivity index (χ0v) is 14.5. The lowest BCUT2D eigenvalue weighted by Crippen LogP contribution is -2.30. The van der Waals surface area contributed by atoms with E-state index in [9.17, 15) is 4.79 Å². The van der Waals surface area contributed by atoms with E-state index < -0.39 is 0 Å². The number of amides is 1. The number of pyridine rings is 2. The molecular formula is C18H20ClN3O2. The zero-order chi connectivity index (χ0) is 17.1. The van der Waals surface area contributed by atoms with Crippen molar-refractivity contribution in [3.05, 3.63) is 52.9 Å². The van der Waals surface area contributed by atoms with E-state index in [-0.39, 0.29) is 18.1 Å². The molecule has 2 aromatic heterocycles. The molecule has 0 aromatic carbocycles. The maximum absolute atomic E-state index is 12.9. The van der Waals surface area contributed by atoms with Crippen molar-refractivity contribution in [3.63, 3.8) is 0 Å². The average Bonchev–Trinajstić information content (AvgIpc) is 3.06. The smallest absolute Gasteiger partial charge is 0.255 e. The third-order valence-electron chi connectivity index (χ3n) is 4.01. The van der Waals surface area contributed by atoms with Crippen molar-refractivity contribution in [2.75, 3.05) is 6.54 Å². The molecule has 1 aliphatic heterocycles. The van der Waals surface area contributed by atoms with Crippen molar-refractivity contribution in [3.8, 4) is 5.88 Å². The van der Waals surface area contributed by atoms with Gasteiger partial charge in [-0.3, -0.25) is 9.78 Å². The minimum absolute atomic E-state index is 0.0220. The summed E-state index contributed by atoms with van der Waals surface area (Å²) in [5.41, 5.74) is 1.59. The van der Waals surface area contributed by atoms with Gasteiger partial charge in [0.25, 0.3) is 5.91 Å². The highest BCUT2D eigenvalue weighted by molar-refractivity contribution is 6.32. The van der Waals surface area contributed by atoms with Gasteiger partial charge < -0.3 is 9.64 Å². The first-order valence-electron chi connectivity index (χ1n) is 8.09. The Bertz CT molecular complexity index is 721. The summed E-state index contributed by atoms with van der Waals surface area (Å²) in [7, 11) is 0. The SMILES string of the molecule is CC(C)Oc1ncc(C(=O)N2CCCC2c2ccncc2)cc1Cl. The first-order valence-corrected chi connectivity index (χ1v) is 8.47. The molecular weight excluding hydrogens is 326 g/mol. The lowest BCUT2D eigenvalue weighted by Gasteiger charge is -2.25. The van der Waals surface area contributed by atoms with E-state index in [1.165, 1.54) is 6.20 Å². The number of hydrogen-bond acceptors (Lipinski definition) is 4. The molecule has 24 heavy (non-hydrogen) atoms. The molecule has 1 fully saturated rings. The van der Waals surface area contributed by atoms with Crippen LogP contribution in [0.15, 0.2) is 36.8 Å². The second-order valence-electron chi connectivity index (χ2n) is 6.11. The van der Waals surface area contributed by atoms with Gasteiger partial charge in [0.05, 0.1) is 17.7 Å². The van der Waals surface area contributed by atoms with Gasteiger partial charge in [0.15, 0.2) is 0 Å². The largest absolute Gasteiger partial charge is 0.474 e. The van der Waals surface area contributed by atoms with Gasteiger partial charge >= 0.3 is 0 Å². The van der Waals surface area contributed by atoms with Gasteiger partial charge in [-0.25, -0.2) is 4.98 Å². The molecule has 0 aliphatic carbocycles. The first kappa shape index (κ1) is 16.7. The molecule has 1 saturated heterocycles. The van der Waals surface area contributed by atoms with E-state index in [1.807, 2.05) is 30.9 Å². The van der Waals surface area contributed by atoms with Crippen LogP contribution < -0.4 is 4.74 Å². The first-order chi connectivity index (χ1) is 11.6. The molecule has 2 aromatic rings. The van der Waals surface area contributed by atoms with Gasteiger partial charge in [-0.1, -0.05) is 11.6 Å². The fourth-order valence-electron chi connectivity index (χ4n) is 2.96. The quantitative estimate of drug-likeness (QED) is 0.843. The second-order valence-corrected chi connectivity index (χ2v) is 6.52. The molecule has 0 saturated carbocycles. The number of nitrogens with zero attached hydrogens (tertiary/aromatic N) is 3. The van der Waals surface area contributed by atoms with Crippen LogP contribution in [0.5, 0.6) is 5.88 Å². The lowest BCUT2D eigenvalue weighted by molar-refractivity contribution is 0.0735. The van der Waals surface area contributed by atoms with Crippen molar-refractivity contribution in [2.45, 2.75) is 38.8 Å². The maximum atomic E-state index is 12.9. The average molecular weight is 346 g/mol. The summed E-state index contributed by atoms with van der Waals surface area (Å²) in [6.45, 7) is 4.54. The predicted octanol–water partition coefficient (Wildman–Crippen LogP) is 3.89. The summed E-state index contributed by atoms with van der Waals surface area (Å²) in [6, 6.07) is 5.63. The molecule has 0 radical (unpaired) electrons. The van der Waals surface area contributed by atoms with Gasteiger partial charge in [-0.05, 0) is 50.5 Å². The van der Waals surface area contributed by atoms with E-state index in [0.29, 0.717) is 16.5 Å². The molecule has 1 atom stereocenters. The number of rotatable bonds is 4. The van der Waals surface area contributed by atoms with Gasteiger partial charge in [-0.15, -0.1) is 0 Å². The van der Waals surface area contributed by atoms with Gasteiger partial charge in [0.2, 0.25) is 5.88 Å². The normalized spacial score (nSPS) is 17.3. The predicted molar refractivity (Wildman–Crippen MR) is 92.3 cm³/mol. The third-order valence-corrected chi connectivity index (χ3v) is 4.28. The fourth-order valence-corrected chi connectivity index (χ4v) is 3.17. The van der Waals surface area contributed by atoms with Crippen molar-refractivity contribution in [1.29, 1.82) is 0 Å². The maximum Gasteiger partial charge on any atom is 0.255 e. The highest BCUT2D eigenvalue weighted by Crippen LogP contribution is 2.33. The Hall–Kier alpha value is -2.14. The van der Waals surface area contributed by atoms with Crippen LogP contribution in [0.4, 0.5) is 0 Å². The fraction of sp³-hybridized carbons (Fsp3) is 0.389. The van der Waals surface area contributed by atoms with Crippen LogP contribution >= 0.6 is 11.6 Å². The zero-order valence-electron chi connectivity index (χ0n) is 13.8. The molecule has 5 nitrogen and oxygen atoms in total. The Morgan fingerprint density at radius 3 is 2.79 bits per heavy atom. The number of carbonyl (C=O) groups is 1. The molecule has 0 N–H and O–H groups in total. The van der Waals surface area contributed by atoms with Crippen molar-refractivity contribution >= 4 is 17.5 Å². The Labute approximate surface area is 146 Å². The van der Waals surface area contributed by atoms with Crippen LogP contribution in [0.2, 0.25) is 5.02 Å². The summed E-state index contributed by atoms with van der Waals surface area (Å²) in [4.78, 5) is 23.0. The number of carbonyl (C=O) groups excluding carboxylic acids is 1. The topological polar surface area (TPSA) is 55.3 Å². The van der Waals surface area contributed by atoms with E-state index >= 15 is 0 Å². The van der Waals surface area contributed by atoms with Crippen LogP contribution in [-0.4, -0.2) is 33.4 Å².